The van der Waals surface area contributed by atoms with E-state index in [1.165, 1.54) is 12.5 Å². The molecule has 0 bridgehead atoms. The number of ether oxygens (including phenoxy) is 2. The molecule has 1 aliphatic rings. The SMILES string of the molecule is CCOC(=Nc1ccccc1[N+](=O)[O-])OC1CCCCC1. The van der Waals surface area contributed by atoms with Crippen molar-refractivity contribution in [2.24, 2.45) is 4.99 Å². The predicted octanol–water partition coefficient (Wildman–Crippen LogP) is 3.97. The lowest BCUT2D eigenvalue weighted by atomic mass is 9.98. The van der Waals surface area contributed by atoms with E-state index >= 15 is 0 Å². The lowest BCUT2D eigenvalue weighted by molar-refractivity contribution is -0.384. The van der Waals surface area contributed by atoms with Crippen LogP contribution in [0.5, 0.6) is 0 Å². The number of benzene rings is 1. The van der Waals surface area contributed by atoms with Crippen LogP contribution in [-0.4, -0.2) is 23.7 Å². The smallest absolute Gasteiger partial charge is 0.389 e. The van der Waals surface area contributed by atoms with Crippen LogP contribution in [0.1, 0.15) is 39.0 Å². The summed E-state index contributed by atoms with van der Waals surface area (Å²) in [6.45, 7) is 2.24. The third-order valence-corrected chi connectivity index (χ3v) is 3.38. The van der Waals surface area contributed by atoms with Crippen LogP contribution in [0, 0.1) is 10.1 Å². The topological polar surface area (TPSA) is 74.0 Å². The largest absolute Gasteiger partial charge is 0.451 e. The van der Waals surface area contributed by atoms with Crippen LogP contribution in [-0.2, 0) is 9.47 Å². The highest BCUT2D eigenvalue weighted by Crippen LogP contribution is 2.27. The highest BCUT2D eigenvalue weighted by molar-refractivity contribution is 5.74. The summed E-state index contributed by atoms with van der Waals surface area (Å²) in [7, 11) is 0. The Bertz CT molecular complexity index is 510. The Hall–Kier alpha value is -2.11. The van der Waals surface area contributed by atoms with Gasteiger partial charge in [0, 0.05) is 6.07 Å². The van der Waals surface area contributed by atoms with Gasteiger partial charge >= 0.3 is 6.08 Å². The first-order chi connectivity index (χ1) is 10.2. The van der Waals surface area contributed by atoms with E-state index in [1.54, 1.807) is 18.2 Å². The fourth-order valence-corrected chi connectivity index (χ4v) is 2.35. The number of hydrogen-bond acceptors (Lipinski definition) is 5. The van der Waals surface area contributed by atoms with E-state index in [9.17, 15) is 10.1 Å². The molecule has 0 spiro atoms. The van der Waals surface area contributed by atoms with Gasteiger partial charge < -0.3 is 9.47 Å². The molecule has 0 aliphatic heterocycles. The molecule has 1 aromatic rings. The van der Waals surface area contributed by atoms with Crippen molar-refractivity contribution in [3.63, 3.8) is 0 Å². The highest BCUT2D eigenvalue weighted by atomic mass is 16.7. The van der Waals surface area contributed by atoms with Gasteiger partial charge in [-0.25, -0.2) is 0 Å². The first-order valence-electron chi connectivity index (χ1n) is 7.32. The van der Waals surface area contributed by atoms with Gasteiger partial charge in [-0.15, -0.1) is 0 Å². The number of nitro benzene ring substituents is 1. The average molecular weight is 292 g/mol. The zero-order valence-electron chi connectivity index (χ0n) is 12.2. The van der Waals surface area contributed by atoms with Gasteiger partial charge in [-0.3, -0.25) is 10.1 Å². The minimum absolute atomic E-state index is 0.0538. The van der Waals surface area contributed by atoms with E-state index in [0.717, 1.165) is 25.7 Å². The van der Waals surface area contributed by atoms with Crippen LogP contribution in [0.4, 0.5) is 11.4 Å². The lowest BCUT2D eigenvalue weighted by Crippen LogP contribution is -2.22. The number of rotatable bonds is 4. The summed E-state index contributed by atoms with van der Waals surface area (Å²) in [5.41, 5.74) is 0.198. The second kappa shape index (κ2) is 7.61. The average Bonchev–Trinajstić information content (AvgIpc) is 2.49. The van der Waals surface area contributed by atoms with Crippen LogP contribution in [0.2, 0.25) is 0 Å². The summed E-state index contributed by atoms with van der Waals surface area (Å²) in [5.74, 6) is 0. The van der Waals surface area contributed by atoms with Crippen LogP contribution < -0.4 is 0 Å². The molecular formula is C15H20N2O4. The van der Waals surface area contributed by atoms with Crippen molar-refractivity contribution >= 4 is 17.5 Å². The van der Waals surface area contributed by atoms with E-state index in [1.807, 2.05) is 6.92 Å². The summed E-state index contributed by atoms with van der Waals surface area (Å²) in [6.07, 6.45) is 5.66. The molecule has 1 aliphatic carbocycles. The summed E-state index contributed by atoms with van der Waals surface area (Å²) in [6, 6.07) is 6.32. The summed E-state index contributed by atoms with van der Waals surface area (Å²) >= 11 is 0. The fraction of sp³-hybridized carbons (Fsp3) is 0.533. The minimum atomic E-state index is -0.455. The summed E-state index contributed by atoms with van der Waals surface area (Å²) in [4.78, 5) is 14.7. The molecule has 2 rings (SSSR count). The number of nitrogens with zero attached hydrogens (tertiary/aromatic N) is 2. The van der Waals surface area contributed by atoms with Crippen molar-refractivity contribution in [2.75, 3.05) is 6.61 Å². The monoisotopic (exact) mass is 292 g/mol. The molecule has 21 heavy (non-hydrogen) atoms. The van der Waals surface area contributed by atoms with Crippen LogP contribution in [0.3, 0.4) is 0 Å². The molecule has 6 nitrogen and oxygen atoms in total. The van der Waals surface area contributed by atoms with Gasteiger partial charge in [-0.2, -0.15) is 4.99 Å². The molecule has 0 amide bonds. The maximum atomic E-state index is 11.0. The molecule has 6 heteroatoms. The lowest BCUT2D eigenvalue weighted by Gasteiger charge is -2.23. The van der Waals surface area contributed by atoms with Crippen LogP contribution in [0.25, 0.3) is 0 Å². The molecule has 0 N–H and O–H groups in total. The molecule has 1 fully saturated rings. The van der Waals surface area contributed by atoms with Gasteiger partial charge in [-0.05, 0) is 38.7 Å². The molecule has 0 atom stereocenters. The first kappa shape index (κ1) is 15.3. The molecule has 1 aromatic carbocycles. The standard InChI is InChI=1S/C15H20N2O4/c1-2-20-15(21-12-8-4-3-5-9-12)16-13-10-6-7-11-14(13)17(18)19/h6-7,10-12H,2-5,8-9H2,1H3. The molecule has 0 radical (unpaired) electrons. The van der Waals surface area contributed by atoms with Gasteiger partial charge in [-0.1, -0.05) is 18.6 Å². The maximum absolute atomic E-state index is 11.0. The van der Waals surface area contributed by atoms with E-state index < -0.39 is 4.92 Å². The number of hydrogen-bond donors (Lipinski definition) is 0. The van der Waals surface area contributed by atoms with Crippen LogP contribution in [0.15, 0.2) is 29.3 Å². The Balaban J connectivity index is 2.18. The van der Waals surface area contributed by atoms with Crippen molar-refractivity contribution in [3.8, 4) is 0 Å². The Labute approximate surface area is 123 Å². The fourth-order valence-electron chi connectivity index (χ4n) is 2.35. The second-order valence-corrected chi connectivity index (χ2v) is 4.93. The number of nitro groups is 1. The molecule has 0 unspecified atom stereocenters. The maximum Gasteiger partial charge on any atom is 0.389 e. The molecule has 0 heterocycles. The molecular weight excluding hydrogens is 272 g/mol. The van der Waals surface area contributed by atoms with Gasteiger partial charge in [0.2, 0.25) is 0 Å². The minimum Gasteiger partial charge on any atom is -0.451 e. The second-order valence-electron chi connectivity index (χ2n) is 4.93. The Morgan fingerprint density at radius 3 is 2.71 bits per heavy atom. The van der Waals surface area contributed by atoms with Gasteiger partial charge in [0.1, 0.15) is 11.8 Å². The van der Waals surface area contributed by atoms with Crippen LogP contribution >= 0.6 is 0 Å². The molecule has 114 valence electrons. The summed E-state index contributed by atoms with van der Waals surface area (Å²) in [5, 5.41) is 11.0. The van der Waals surface area contributed by atoms with E-state index in [-0.39, 0.29) is 23.6 Å². The molecule has 0 saturated heterocycles. The third kappa shape index (κ3) is 4.44. The Kier molecular flexibility index (Phi) is 5.54. The number of para-hydroxylation sites is 2. The zero-order valence-corrected chi connectivity index (χ0v) is 12.2. The molecule has 0 aromatic heterocycles. The van der Waals surface area contributed by atoms with E-state index in [4.69, 9.17) is 9.47 Å². The quantitative estimate of drug-likeness (QED) is 0.364. The first-order valence-corrected chi connectivity index (χ1v) is 7.32. The van der Waals surface area contributed by atoms with Gasteiger partial charge in [0.15, 0.2) is 0 Å². The van der Waals surface area contributed by atoms with E-state index in [2.05, 4.69) is 4.99 Å². The highest BCUT2D eigenvalue weighted by Gasteiger charge is 2.19. The predicted molar refractivity (Wildman–Crippen MR) is 79.8 cm³/mol. The zero-order chi connectivity index (χ0) is 15.1. The normalized spacial score (nSPS) is 16.5. The van der Waals surface area contributed by atoms with E-state index in [0.29, 0.717) is 6.61 Å². The number of aliphatic imine (C=N–C) groups is 1. The third-order valence-electron chi connectivity index (χ3n) is 3.38. The Morgan fingerprint density at radius 1 is 1.33 bits per heavy atom. The summed E-state index contributed by atoms with van der Waals surface area (Å²) < 4.78 is 11.2. The van der Waals surface area contributed by atoms with Gasteiger partial charge in [0.25, 0.3) is 5.69 Å². The van der Waals surface area contributed by atoms with Crippen molar-refractivity contribution in [1.82, 2.24) is 0 Å². The van der Waals surface area contributed by atoms with Crippen molar-refractivity contribution in [1.29, 1.82) is 0 Å². The van der Waals surface area contributed by atoms with Crippen molar-refractivity contribution in [2.45, 2.75) is 45.1 Å². The van der Waals surface area contributed by atoms with Crippen molar-refractivity contribution in [3.05, 3.63) is 34.4 Å². The van der Waals surface area contributed by atoms with Gasteiger partial charge in [0.05, 0.1) is 11.5 Å². The molecule has 1 saturated carbocycles. The Morgan fingerprint density at radius 2 is 2.05 bits per heavy atom. The van der Waals surface area contributed by atoms with Crippen molar-refractivity contribution < 1.29 is 14.4 Å².